The molecule has 0 radical (unpaired) electrons. The summed E-state index contributed by atoms with van der Waals surface area (Å²) in [4.78, 5) is 0. The van der Waals surface area contributed by atoms with E-state index in [2.05, 4.69) is 239 Å². The van der Waals surface area contributed by atoms with Gasteiger partial charge in [0.05, 0.1) is 0 Å². The molecule has 8 aromatic carbocycles. The van der Waals surface area contributed by atoms with Crippen LogP contribution >= 0.6 is 0 Å². The summed E-state index contributed by atoms with van der Waals surface area (Å²) in [5, 5.41) is 9.92. The normalized spacial score (nSPS) is 12.0. The Bertz CT molecular complexity index is 4240. The Morgan fingerprint density at radius 1 is 0.163 bits per heavy atom. The third-order valence-corrected chi connectivity index (χ3v) is 22.8. The average molecular weight is 1370 g/mol. The van der Waals surface area contributed by atoms with Crippen LogP contribution in [-0.4, -0.2) is 18.3 Å². The highest BCUT2D eigenvalue weighted by molar-refractivity contribution is 6.12. The molecule has 0 atom stereocenters. The monoisotopic (exact) mass is 1370 g/mol. The van der Waals surface area contributed by atoms with Crippen LogP contribution < -0.4 is 0 Å². The Morgan fingerprint density at radius 3 is 0.423 bits per heavy atom. The Labute approximate surface area is 624 Å². The molecule has 0 amide bonds. The van der Waals surface area contributed by atoms with Crippen molar-refractivity contribution in [2.24, 2.45) is 0 Å². The second-order valence-electron chi connectivity index (χ2n) is 30.8. The van der Waals surface area contributed by atoms with Crippen molar-refractivity contribution in [3.63, 3.8) is 0 Å². The van der Waals surface area contributed by atoms with E-state index in [0.717, 1.165) is 96.4 Å². The van der Waals surface area contributed by atoms with Gasteiger partial charge in [-0.05, 0) is 171 Å². The van der Waals surface area contributed by atoms with Gasteiger partial charge in [-0.3, -0.25) is 0 Å². The van der Waals surface area contributed by atoms with Gasteiger partial charge in [-0.25, -0.2) is 0 Å². The van der Waals surface area contributed by atoms with E-state index >= 15 is 0 Å². The summed E-state index contributed by atoms with van der Waals surface area (Å²) >= 11 is 0. The number of unbranched alkanes of at least 4 members (excludes halogenated alkanes) is 32. The van der Waals surface area contributed by atoms with Gasteiger partial charge in [-0.1, -0.05) is 281 Å². The fourth-order valence-electron chi connectivity index (χ4n) is 16.9. The lowest BCUT2D eigenvalue weighted by molar-refractivity contribution is 0.546. The van der Waals surface area contributed by atoms with Gasteiger partial charge in [-0.15, -0.1) is 0 Å². The average Bonchev–Trinajstić information content (AvgIpc) is 1.63. The Morgan fingerprint density at radius 2 is 0.288 bits per heavy atom. The van der Waals surface area contributed by atoms with Crippen LogP contribution in [0.15, 0.2) is 146 Å². The molecule has 4 heterocycles. The van der Waals surface area contributed by atoms with Crippen molar-refractivity contribution < 1.29 is 0 Å². The Balaban J connectivity index is 0.892. The number of aryl methyl sites for hydroxylation is 4. The van der Waals surface area contributed by atoms with E-state index in [-0.39, 0.29) is 0 Å². The molecule has 0 fully saturated rings. The van der Waals surface area contributed by atoms with Crippen molar-refractivity contribution in [3.8, 4) is 47.4 Å². The summed E-state index contributed by atoms with van der Waals surface area (Å²) in [5.41, 5.74) is 18.3. The Kier molecular flexibility index (Phi) is 26.7. The van der Waals surface area contributed by atoms with Gasteiger partial charge in [-0.2, -0.15) is 0 Å². The molecule has 4 nitrogen and oxygen atoms in total. The molecule has 13 rings (SSSR count). The highest BCUT2D eigenvalue weighted by Gasteiger charge is 2.18. The van der Waals surface area contributed by atoms with Crippen molar-refractivity contribution in [2.75, 3.05) is 0 Å². The lowest BCUT2D eigenvalue weighted by atomic mass is 10.0. The van der Waals surface area contributed by atoms with Crippen molar-refractivity contribution in [1.82, 2.24) is 18.3 Å². The fraction of sp³-hybridized carbons (Fsp3) is 0.440. The molecule has 0 saturated heterocycles. The molecule has 4 heteroatoms. The SMILES string of the molecule is CCCCCCCCCCCn1c2ccc3cc2c2cc(ccc21)C#Cc1ccc2c(c1)c1cc(ccc1n2CCCCCCCCCCC)C#Cc1ccc2c(c1)c1cc(ccc1n2CCCCCCCCCCC)C#Cc1ccc2c(c1)c1cc(ccc1n2CCCCCCCCCCC)C#C3. The zero-order valence-electron chi connectivity index (χ0n) is 63.9. The summed E-state index contributed by atoms with van der Waals surface area (Å²) in [7, 11) is 0. The molecule has 0 N–H and O–H groups in total. The number of rotatable bonds is 40. The minimum absolute atomic E-state index is 0.992. The summed E-state index contributed by atoms with van der Waals surface area (Å²) in [6.45, 7) is 13.2. The topological polar surface area (TPSA) is 19.7 Å². The number of hydrogen-bond donors (Lipinski definition) is 0. The van der Waals surface area contributed by atoms with E-state index in [9.17, 15) is 0 Å². The first-order valence-electron chi connectivity index (χ1n) is 41.8. The minimum atomic E-state index is 0.992. The predicted octanol–water partition coefficient (Wildman–Crippen LogP) is 28.2. The molecule has 16 bridgehead atoms. The van der Waals surface area contributed by atoms with Crippen LogP contribution in [0.4, 0.5) is 0 Å². The van der Waals surface area contributed by atoms with Gasteiger partial charge in [0.2, 0.25) is 0 Å². The lowest BCUT2D eigenvalue weighted by Gasteiger charge is -2.08. The predicted molar refractivity (Wildman–Crippen MR) is 451 cm³/mol. The molecule has 536 valence electrons. The highest BCUT2D eigenvalue weighted by atomic mass is 15.0. The van der Waals surface area contributed by atoms with Crippen molar-refractivity contribution in [3.05, 3.63) is 190 Å². The van der Waals surface area contributed by atoms with Gasteiger partial charge >= 0.3 is 0 Å². The van der Waals surface area contributed by atoms with Crippen LogP contribution in [0.5, 0.6) is 0 Å². The number of aromatic nitrogens is 4. The second kappa shape index (κ2) is 37.8. The maximum Gasteiger partial charge on any atom is 0.0492 e. The molecular formula is C100H116N4. The summed E-state index contributed by atoms with van der Waals surface area (Å²) in [6.07, 6.45) is 47.2. The molecule has 0 saturated carbocycles. The largest absolute Gasteiger partial charge is 0.340 e. The second-order valence-corrected chi connectivity index (χ2v) is 30.8. The zero-order chi connectivity index (χ0) is 71.1. The van der Waals surface area contributed by atoms with Crippen LogP contribution in [0.1, 0.15) is 303 Å². The first-order valence-corrected chi connectivity index (χ1v) is 41.8. The molecule has 0 aliphatic heterocycles. The van der Waals surface area contributed by atoms with Crippen LogP contribution in [0.3, 0.4) is 0 Å². The molecule has 1 aliphatic rings. The van der Waals surface area contributed by atoms with E-state index in [1.54, 1.807) is 0 Å². The first-order chi connectivity index (χ1) is 51.5. The molecule has 4 aromatic heterocycles. The molecule has 12 aromatic rings. The number of nitrogens with zero attached hydrogens (tertiary/aromatic N) is 4. The van der Waals surface area contributed by atoms with Crippen molar-refractivity contribution in [2.45, 2.75) is 285 Å². The molecular weight excluding hydrogens is 1260 g/mol. The maximum absolute atomic E-state index is 3.70. The van der Waals surface area contributed by atoms with Gasteiger partial charge < -0.3 is 18.3 Å². The minimum Gasteiger partial charge on any atom is -0.340 e. The summed E-state index contributed by atoms with van der Waals surface area (Å²) in [6, 6.07) is 55.4. The molecule has 1 aliphatic carbocycles. The molecule has 0 unspecified atom stereocenters. The number of hydrogen-bond acceptors (Lipinski definition) is 0. The first kappa shape index (κ1) is 73.5. The third kappa shape index (κ3) is 18.5. The quantitative estimate of drug-likeness (QED) is 0.0269. The van der Waals surface area contributed by atoms with Crippen molar-refractivity contribution in [1.29, 1.82) is 0 Å². The van der Waals surface area contributed by atoms with Crippen LogP contribution in [-0.2, 0) is 26.2 Å². The summed E-state index contributed by atoms with van der Waals surface area (Å²) < 4.78 is 10.3. The van der Waals surface area contributed by atoms with E-state index in [0.29, 0.717) is 0 Å². The number of benzene rings is 8. The molecule has 0 spiro atoms. The van der Waals surface area contributed by atoms with Crippen LogP contribution in [0.25, 0.3) is 87.2 Å². The van der Waals surface area contributed by atoms with Gasteiger partial charge in [0.1, 0.15) is 0 Å². The Hall–Kier alpha value is -8.80. The van der Waals surface area contributed by atoms with Crippen LogP contribution in [0.2, 0.25) is 0 Å². The zero-order valence-corrected chi connectivity index (χ0v) is 63.9. The van der Waals surface area contributed by atoms with E-state index in [1.807, 2.05) is 0 Å². The van der Waals surface area contributed by atoms with E-state index < -0.39 is 0 Å². The van der Waals surface area contributed by atoms with Gasteiger partial charge in [0.15, 0.2) is 0 Å². The maximum atomic E-state index is 3.70. The van der Waals surface area contributed by atoms with Crippen LogP contribution in [0, 0.1) is 47.4 Å². The van der Waals surface area contributed by atoms with Crippen molar-refractivity contribution >= 4 is 87.2 Å². The number of fused-ring (bicyclic) bond motifs is 8. The third-order valence-electron chi connectivity index (χ3n) is 22.8. The lowest BCUT2D eigenvalue weighted by Crippen LogP contribution is -1.98. The van der Waals surface area contributed by atoms with E-state index in [1.165, 1.54) is 293 Å². The van der Waals surface area contributed by atoms with E-state index in [4.69, 9.17) is 0 Å². The van der Waals surface area contributed by atoms with Gasteiger partial charge in [0, 0.05) is 158 Å². The summed E-state index contributed by atoms with van der Waals surface area (Å²) in [5.74, 6) is 29.6. The molecule has 104 heavy (non-hydrogen) atoms. The highest BCUT2D eigenvalue weighted by Crippen LogP contribution is 2.37. The van der Waals surface area contributed by atoms with Gasteiger partial charge in [0.25, 0.3) is 0 Å². The standard InChI is InChI=1S/C100H116N4/c1-5-9-13-17-21-25-29-33-37-65-101-93-57-49-77-41-43-79-51-59-95-87(71-79)89-73-81(53-61-97(89)102(95)66-38-34-30-26-22-18-14-10-6-2)45-47-83-55-63-99-91(75-83)92-76-84(56-64-100(92)104(99)68-40-36-32-28-24-20-16-12-8-4)48-46-82-54-62-98-90(74-82)88-72-80(44-42-78-50-58-94(101)86(70-78)85(93)69-77)52-60-96(88)103(98)67-39-35-31-27-23-19-15-11-7-3/h49-64,69-76H,5-40,65-68H2,1-4H3. The fourth-order valence-corrected chi connectivity index (χ4v) is 16.9. The smallest absolute Gasteiger partial charge is 0.0492 e.